The quantitative estimate of drug-likeness (QED) is 0.483. The Morgan fingerprint density at radius 3 is 2.44 bits per heavy atom. The maximum absolute atomic E-state index is 12.8. The van der Waals surface area contributed by atoms with Gasteiger partial charge in [-0.15, -0.1) is 6.58 Å². The van der Waals surface area contributed by atoms with Crippen LogP contribution >= 0.6 is 0 Å². The maximum Gasteiger partial charge on any atom is 0.259 e. The molecule has 2 amide bonds. The minimum absolute atomic E-state index is 0.269. The summed E-state index contributed by atoms with van der Waals surface area (Å²) in [5.74, 6) is -0.0420. The van der Waals surface area contributed by atoms with Gasteiger partial charge in [0.1, 0.15) is 5.75 Å². The lowest BCUT2D eigenvalue weighted by Gasteiger charge is -2.13. The van der Waals surface area contributed by atoms with Crippen molar-refractivity contribution >= 4 is 17.5 Å². The highest BCUT2D eigenvalue weighted by molar-refractivity contribution is 6.10. The summed E-state index contributed by atoms with van der Waals surface area (Å²) < 4.78 is 5.78. The fraction of sp³-hybridized carbons (Fsp3) is 0.273. The minimum atomic E-state index is -0.315. The number of unbranched alkanes of at least 4 members (excludes halogenated alkanes) is 2. The summed E-state index contributed by atoms with van der Waals surface area (Å²) in [5, 5.41) is 5.54. The van der Waals surface area contributed by atoms with Crippen molar-refractivity contribution < 1.29 is 14.3 Å². The number of carbonyl (C=O) groups excluding carboxylic acids is 2. The second kappa shape index (κ2) is 10.8. The highest BCUT2D eigenvalue weighted by Gasteiger charge is 2.16. The third-order valence-electron chi connectivity index (χ3n) is 3.96. The average molecular weight is 366 g/mol. The lowest BCUT2D eigenvalue weighted by atomic mass is 10.1. The van der Waals surface area contributed by atoms with Crippen LogP contribution in [0, 0.1) is 0 Å². The number of carbonyl (C=O) groups is 2. The first kappa shape index (κ1) is 20.2. The molecule has 2 rings (SSSR count). The largest absolute Gasteiger partial charge is 0.493 e. The molecule has 2 N–H and O–H groups in total. The molecule has 0 radical (unpaired) electrons. The molecule has 0 aromatic heterocycles. The standard InChI is InChI=1S/C22H26N2O3/c1-3-5-10-16-27-20-14-9-7-12-18(20)22(26)24-19-13-8-6-11-17(19)21(25)23-15-4-2/h4,6-9,11-14H,2-3,5,10,15-16H2,1H3,(H,23,25)(H,24,26). The molecule has 2 aromatic carbocycles. The predicted octanol–water partition coefficient (Wildman–Crippen LogP) is 4.42. The van der Waals surface area contributed by atoms with E-state index in [1.807, 2.05) is 6.07 Å². The Labute approximate surface area is 160 Å². The van der Waals surface area contributed by atoms with E-state index < -0.39 is 0 Å². The molecule has 0 aliphatic rings. The molecule has 0 aliphatic carbocycles. The zero-order chi connectivity index (χ0) is 19.5. The van der Waals surface area contributed by atoms with Gasteiger partial charge in [-0.1, -0.05) is 50.1 Å². The molecular formula is C22H26N2O3. The molecule has 0 saturated carbocycles. The van der Waals surface area contributed by atoms with E-state index in [4.69, 9.17) is 4.74 Å². The highest BCUT2D eigenvalue weighted by Crippen LogP contribution is 2.22. The van der Waals surface area contributed by atoms with E-state index in [1.54, 1.807) is 48.5 Å². The van der Waals surface area contributed by atoms with Gasteiger partial charge in [-0.05, 0) is 30.7 Å². The monoisotopic (exact) mass is 366 g/mol. The van der Waals surface area contributed by atoms with Crippen LogP contribution in [-0.2, 0) is 0 Å². The molecule has 0 aliphatic heterocycles. The predicted molar refractivity (Wildman–Crippen MR) is 108 cm³/mol. The van der Waals surface area contributed by atoms with Crippen LogP contribution in [-0.4, -0.2) is 25.0 Å². The van der Waals surface area contributed by atoms with Gasteiger partial charge in [0.05, 0.1) is 23.4 Å². The lowest BCUT2D eigenvalue weighted by Crippen LogP contribution is -2.25. The molecule has 2 aromatic rings. The van der Waals surface area contributed by atoms with E-state index in [0.717, 1.165) is 19.3 Å². The van der Waals surface area contributed by atoms with Crippen LogP contribution in [0.1, 0.15) is 46.9 Å². The topological polar surface area (TPSA) is 67.4 Å². The molecule has 5 heteroatoms. The van der Waals surface area contributed by atoms with E-state index >= 15 is 0 Å². The van der Waals surface area contributed by atoms with Crippen LogP contribution in [0.4, 0.5) is 5.69 Å². The van der Waals surface area contributed by atoms with Gasteiger partial charge < -0.3 is 15.4 Å². The first-order chi connectivity index (χ1) is 13.2. The maximum atomic E-state index is 12.8. The SMILES string of the molecule is C=CCNC(=O)c1ccccc1NC(=O)c1ccccc1OCCCCC. The Kier molecular flexibility index (Phi) is 8.10. The zero-order valence-electron chi connectivity index (χ0n) is 15.7. The molecule has 0 atom stereocenters. The Balaban J connectivity index is 2.14. The van der Waals surface area contributed by atoms with Gasteiger partial charge in [-0.2, -0.15) is 0 Å². The Hall–Kier alpha value is -3.08. The van der Waals surface area contributed by atoms with Gasteiger partial charge in [-0.25, -0.2) is 0 Å². The van der Waals surface area contributed by atoms with Crippen molar-refractivity contribution in [2.24, 2.45) is 0 Å². The van der Waals surface area contributed by atoms with Gasteiger partial charge >= 0.3 is 0 Å². The first-order valence-corrected chi connectivity index (χ1v) is 9.18. The van der Waals surface area contributed by atoms with Crippen LogP contribution in [0.5, 0.6) is 5.75 Å². The highest BCUT2D eigenvalue weighted by atomic mass is 16.5. The van der Waals surface area contributed by atoms with E-state index in [0.29, 0.717) is 35.7 Å². The second-order valence-electron chi connectivity index (χ2n) is 6.05. The first-order valence-electron chi connectivity index (χ1n) is 9.18. The van der Waals surface area contributed by atoms with Gasteiger partial charge in [0.15, 0.2) is 0 Å². The normalized spacial score (nSPS) is 10.1. The molecule has 0 saturated heterocycles. The van der Waals surface area contributed by atoms with Crippen molar-refractivity contribution in [1.82, 2.24) is 5.32 Å². The van der Waals surface area contributed by atoms with Crippen LogP contribution in [0.2, 0.25) is 0 Å². The Morgan fingerprint density at radius 1 is 1.00 bits per heavy atom. The van der Waals surface area contributed by atoms with E-state index in [2.05, 4.69) is 24.1 Å². The van der Waals surface area contributed by atoms with E-state index in [9.17, 15) is 9.59 Å². The number of nitrogens with one attached hydrogen (secondary N) is 2. The number of para-hydroxylation sites is 2. The van der Waals surface area contributed by atoms with Crippen LogP contribution in [0.15, 0.2) is 61.2 Å². The van der Waals surface area contributed by atoms with Crippen LogP contribution in [0.25, 0.3) is 0 Å². The molecule has 0 unspecified atom stereocenters. The molecule has 142 valence electrons. The summed E-state index contributed by atoms with van der Waals surface area (Å²) in [6.45, 7) is 6.64. The second-order valence-corrected chi connectivity index (χ2v) is 6.05. The molecule has 0 fully saturated rings. The fourth-order valence-corrected chi connectivity index (χ4v) is 2.55. The van der Waals surface area contributed by atoms with Gasteiger partial charge in [0, 0.05) is 6.54 Å². The van der Waals surface area contributed by atoms with Crippen molar-refractivity contribution in [2.75, 3.05) is 18.5 Å². The van der Waals surface area contributed by atoms with Crippen molar-refractivity contribution in [3.8, 4) is 5.75 Å². The fourth-order valence-electron chi connectivity index (χ4n) is 2.55. The van der Waals surface area contributed by atoms with E-state index in [1.165, 1.54) is 0 Å². The van der Waals surface area contributed by atoms with Crippen molar-refractivity contribution in [2.45, 2.75) is 26.2 Å². The van der Waals surface area contributed by atoms with E-state index in [-0.39, 0.29) is 11.8 Å². The summed E-state index contributed by atoms with van der Waals surface area (Å²) >= 11 is 0. The van der Waals surface area contributed by atoms with Gasteiger partial charge in [-0.3, -0.25) is 9.59 Å². The van der Waals surface area contributed by atoms with Crippen molar-refractivity contribution in [1.29, 1.82) is 0 Å². The summed E-state index contributed by atoms with van der Waals surface area (Å²) in [6, 6.07) is 14.0. The average Bonchev–Trinajstić information content (AvgIpc) is 2.70. The summed E-state index contributed by atoms with van der Waals surface area (Å²) in [7, 11) is 0. The Morgan fingerprint density at radius 2 is 1.70 bits per heavy atom. The number of hydrogen-bond acceptors (Lipinski definition) is 3. The molecule has 5 nitrogen and oxygen atoms in total. The Bertz CT molecular complexity index is 787. The van der Waals surface area contributed by atoms with Crippen molar-refractivity contribution in [3.63, 3.8) is 0 Å². The van der Waals surface area contributed by atoms with Crippen molar-refractivity contribution in [3.05, 3.63) is 72.3 Å². The molecular weight excluding hydrogens is 340 g/mol. The smallest absolute Gasteiger partial charge is 0.259 e. The summed E-state index contributed by atoms with van der Waals surface area (Å²) in [5.41, 5.74) is 1.29. The molecule has 27 heavy (non-hydrogen) atoms. The number of rotatable bonds is 10. The number of ether oxygens (including phenoxy) is 1. The molecule has 0 bridgehead atoms. The van der Waals surface area contributed by atoms with Gasteiger partial charge in [0.2, 0.25) is 0 Å². The lowest BCUT2D eigenvalue weighted by molar-refractivity contribution is 0.0959. The van der Waals surface area contributed by atoms with Crippen LogP contribution < -0.4 is 15.4 Å². The number of benzene rings is 2. The zero-order valence-corrected chi connectivity index (χ0v) is 15.7. The number of anilines is 1. The number of hydrogen-bond donors (Lipinski definition) is 2. The summed E-state index contributed by atoms with van der Waals surface area (Å²) in [6.07, 6.45) is 4.74. The minimum Gasteiger partial charge on any atom is -0.493 e. The third-order valence-corrected chi connectivity index (χ3v) is 3.96. The van der Waals surface area contributed by atoms with Gasteiger partial charge in [0.25, 0.3) is 11.8 Å². The molecule has 0 spiro atoms. The molecule has 0 heterocycles. The number of amides is 2. The van der Waals surface area contributed by atoms with Crippen LogP contribution in [0.3, 0.4) is 0 Å². The summed E-state index contributed by atoms with van der Waals surface area (Å²) in [4.78, 5) is 25.1. The third kappa shape index (κ3) is 5.99.